The predicted octanol–water partition coefficient (Wildman–Crippen LogP) is 1.41. The first-order chi connectivity index (χ1) is 28.7. The van der Waals surface area contributed by atoms with Gasteiger partial charge < -0.3 is 85.6 Å². The van der Waals surface area contributed by atoms with Crippen molar-refractivity contribution in [1.29, 1.82) is 0 Å². The van der Waals surface area contributed by atoms with E-state index in [9.17, 15) is 5.11 Å². The summed E-state index contributed by atoms with van der Waals surface area (Å²) < 4.78 is 94.5. The molecule has 0 aromatic rings. The van der Waals surface area contributed by atoms with E-state index in [-0.39, 0.29) is 24.4 Å². The van der Waals surface area contributed by atoms with Crippen LogP contribution >= 0.6 is 0 Å². The normalized spacial score (nSPS) is 12.9. The van der Waals surface area contributed by atoms with Crippen LogP contribution in [0, 0.1) is 17.8 Å². The van der Waals surface area contributed by atoms with Crippen molar-refractivity contribution in [3.63, 3.8) is 0 Å². The van der Waals surface area contributed by atoms with Gasteiger partial charge in [0.15, 0.2) is 0 Å². The van der Waals surface area contributed by atoms with Crippen molar-refractivity contribution in [1.82, 2.24) is 0 Å². The minimum atomic E-state index is -0.216. The predicted molar refractivity (Wildman–Crippen MR) is 215 cm³/mol. The van der Waals surface area contributed by atoms with Crippen LogP contribution in [0.3, 0.4) is 0 Å². The average molecular weight is 851 g/mol. The Balaban J connectivity index is 4.66. The van der Waals surface area contributed by atoms with Crippen molar-refractivity contribution >= 4 is 0 Å². The van der Waals surface area contributed by atoms with Gasteiger partial charge >= 0.3 is 0 Å². The molecule has 0 saturated heterocycles. The summed E-state index contributed by atoms with van der Waals surface area (Å²) in [5.41, 5.74) is 0. The summed E-state index contributed by atoms with van der Waals surface area (Å²) in [6.07, 6.45) is 0.984. The molecule has 0 bridgehead atoms. The van der Waals surface area contributed by atoms with Crippen molar-refractivity contribution in [2.45, 2.75) is 13.3 Å². The van der Waals surface area contributed by atoms with Crippen LogP contribution < -0.4 is 0 Å². The molecule has 350 valence electrons. The van der Waals surface area contributed by atoms with Crippen LogP contribution in [0.1, 0.15) is 13.3 Å². The first-order valence-electron chi connectivity index (χ1n) is 20.9. The largest absolute Gasteiger partial charge is 0.396 e. The fourth-order valence-electron chi connectivity index (χ4n) is 4.58. The number of aliphatic hydroxyl groups is 1. The Morgan fingerprint density at radius 1 is 0.259 bits per heavy atom. The first kappa shape index (κ1) is 57.3. The molecule has 0 aliphatic carbocycles. The molecule has 0 fully saturated rings. The van der Waals surface area contributed by atoms with Gasteiger partial charge in [-0.15, -0.1) is 0 Å². The fourth-order valence-corrected chi connectivity index (χ4v) is 4.58. The zero-order chi connectivity index (χ0) is 42.1. The summed E-state index contributed by atoms with van der Waals surface area (Å²) in [5, 5.41) is 10.1. The van der Waals surface area contributed by atoms with Gasteiger partial charge in [0.1, 0.15) is 0 Å². The van der Waals surface area contributed by atoms with E-state index in [1.165, 1.54) is 0 Å². The number of methoxy groups -OCH3 is 3. The average Bonchev–Trinajstić information content (AvgIpc) is 3.23. The van der Waals surface area contributed by atoms with E-state index in [4.69, 9.17) is 80.5 Å². The highest BCUT2D eigenvalue weighted by molar-refractivity contribution is 4.62. The van der Waals surface area contributed by atoms with Crippen LogP contribution in [-0.2, 0) is 80.5 Å². The van der Waals surface area contributed by atoms with Gasteiger partial charge in [-0.1, -0.05) is 6.92 Å². The van der Waals surface area contributed by atoms with Crippen LogP contribution in [0.5, 0.6) is 0 Å². The van der Waals surface area contributed by atoms with E-state index in [1.54, 1.807) is 21.3 Å². The molecule has 0 amide bonds. The van der Waals surface area contributed by atoms with Crippen molar-refractivity contribution < 1.29 is 85.6 Å². The van der Waals surface area contributed by atoms with Gasteiger partial charge in [-0.2, -0.15) is 0 Å². The summed E-state index contributed by atoms with van der Waals surface area (Å²) in [4.78, 5) is 0. The third-order valence-corrected chi connectivity index (χ3v) is 7.71. The summed E-state index contributed by atoms with van der Waals surface area (Å²) >= 11 is 0. The Bertz CT molecular complexity index is 722. The molecule has 0 aromatic carbocycles. The van der Waals surface area contributed by atoms with Crippen LogP contribution in [-0.4, -0.2) is 238 Å². The van der Waals surface area contributed by atoms with Gasteiger partial charge in [-0.05, 0) is 6.42 Å². The van der Waals surface area contributed by atoms with Gasteiger partial charge in [0.05, 0.1) is 205 Å². The maximum atomic E-state index is 10.1. The number of rotatable bonds is 52. The second-order valence-corrected chi connectivity index (χ2v) is 13.0. The summed E-state index contributed by atoms with van der Waals surface area (Å²) in [6, 6.07) is 0. The van der Waals surface area contributed by atoms with Gasteiger partial charge in [0, 0.05) is 45.7 Å². The molecule has 18 nitrogen and oxygen atoms in total. The van der Waals surface area contributed by atoms with E-state index in [2.05, 4.69) is 6.92 Å². The lowest BCUT2D eigenvalue weighted by atomic mass is 10.1. The highest BCUT2D eigenvalue weighted by Gasteiger charge is 2.16. The molecule has 58 heavy (non-hydrogen) atoms. The number of ether oxygens (including phenoxy) is 17. The minimum absolute atomic E-state index is 0.0245. The molecular formula is C40H82O18. The molecule has 0 rings (SSSR count). The van der Waals surface area contributed by atoms with Crippen molar-refractivity contribution in [2.24, 2.45) is 17.8 Å². The molecule has 18 heteroatoms. The molecular weight excluding hydrogens is 768 g/mol. The molecule has 2 unspecified atom stereocenters. The van der Waals surface area contributed by atoms with Crippen LogP contribution in [0.15, 0.2) is 0 Å². The van der Waals surface area contributed by atoms with Crippen molar-refractivity contribution in [3.05, 3.63) is 0 Å². The lowest BCUT2D eigenvalue weighted by Gasteiger charge is -2.22. The Kier molecular flexibility index (Phi) is 50.0. The highest BCUT2D eigenvalue weighted by atomic mass is 16.6. The molecule has 0 aliphatic rings. The van der Waals surface area contributed by atoms with Crippen LogP contribution in [0.25, 0.3) is 0 Å². The Morgan fingerprint density at radius 2 is 0.466 bits per heavy atom. The summed E-state index contributed by atoms with van der Waals surface area (Å²) in [5.74, 6) is -0.274. The highest BCUT2D eigenvalue weighted by Crippen LogP contribution is 2.07. The topological polar surface area (TPSA) is 177 Å². The monoisotopic (exact) mass is 851 g/mol. The third-order valence-electron chi connectivity index (χ3n) is 7.71. The number of hydrogen-bond donors (Lipinski definition) is 1. The SMILES string of the molecule is CCCOCCOCCOCC(COCCOCCOCCOC)COCC(CO)COCC(COCCOCCOCCOC)COCCOCCOCCOC. The smallest absolute Gasteiger partial charge is 0.0701 e. The second-order valence-electron chi connectivity index (χ2n) is 13.0. The van der Waals surface area contributed by atoms with E-state index in [0.29, 0.717) is 198 Å². The lowest BCUT2D eigenvalue weighted by Crippen LogP contribution is -2.28. The standard InChI is InChI=1S/C40H82O18/c1-5-6-45-13-14-49-21-25-53-32-39(33-54-26-22-50-18-15-46-10-7-42-2)36-57-30-38(29-41)31-58-37-40(34-55-27-23-51-19-16-47-11-8-43-3)35-56-28-24-52-20-17-48-12-9-44-4/h38-41H,5-37H2,1-4H3. The third kappa shape index (κ3) is 44.8. The lowest BCUT2D eigenvalue weighted by molar-refractivity contribution is -0.0577. The van der Waals surface area contributed by atoms with Crippen molar-refractivity contribution in [2.75, 3.05) is 233 Å². The molecule has 0 saturated carbocycles. The molecule has 2 atom stereocenters. The zero-order valence-corrected chi connectivity index (χ0v) is 36.5. The molecule has 0 aliphatic heterocycles. The maximum absolute atomic E-state index is 10.1. The van der Waals surface area contributed by atoms with Gasteiger partial charge in [-0.25, -0.2) is 0 Å². The fraction of sp³-hybridized carbons (Fsp3) is 1.00. The van der Waals surface area contributed by atoms with E-state index >= 15 is 0 Å². The number of hydrogen-bond acceptors (Lipinski definition) is 18. The molecule has 0 radical (unpaired) electrons. The summed E-state index contributed by atoms with van der Waals surface area (Å²) in [6.45, 7) is 16.8. The van der Waals surface area contributed by atoms with E-state index < -0.39 is 0 Å². The van der Waals surface area contributed by atoms with Crippen LogP contribution in [0.4, 0.5) is 0 Å². The second kappa shape index (κ2) is 50.6. The zero-order valence-electron chi connectivity index (χ0n) is 36.5. The van der Waals surface area contributed by atoms with Gasteiger partial charge in [0.25, 0.3) is 0 Å². The Hall–Kier alpha value is -0.720. The van der Waals surface area contributed by atoms with Gasteiger partial charge in [0.2, 0.25) is 0 Å². The number of aliphatic hydroxyl groups excluding tert-OH is 1. The van der Waals surface area contributed by atoms with Crippen molar-refractivity contribution in [3.8, 4) is 0 Å². The minimum Gasteiger partial charge on any atom is -0.396 e. The van der Waals surface area contributed by atoms with E-state index in [1.807, 2.05) is 0 Å². The van der Waals surface area contributed by atoms with E-state index in [0.717, 1.165) is 13.0 Å². The quantitative estimate of drug-likeness (QED) is 0.0869. The van der Waals surface area contributed by atoms with Crippen LogP contribution in [0.2, 0.25) is 0 Å². The first-order valence-corrected chi connectivity index (χ1v) is 20.9. The van der Waals surface area contributed by atoms with Gasteiger partial charge in [-0.3, -0.25) is 0 Å². The molecule has 0 spiro atoms. The Labute approximate surface area is 349 Å². The molecule has 0 aromatic heterocycles. The Morgan fingerprint density at radius 3 is 0.707 bits per heavy atom. The summed E-state index contributed by atoms with van der Waals surface area (Å²) in [7, 11) is 4.92. The maximum Gasteiger partial charge on any atom is 0.0701 e. The molecule has 1 N–H and O–H groups in total. The molecule has 0 heterocycles.